The highest BCUT2D eigenvalue weighted by molar-refractivity contribution is 7.87. The number of nitrogens with zero attached hydrogens (tertiary/aromatic N) is 1. The van der Waals surface area contributed by atoms with Gasteiger partial charge in [-0.25, -0.2) is 4.72 Å². The highest BCUT2D eigenvalue weighted by Crippen LogP contribution is 2.22. The fraction of sp³-hybridized carbons (Fsp3) is 1.00. The summed E-state index contributed by atoms with van der Waals surface area (Å²) in [4.78, 5) is 0. The summed E-state index contributed by atoms with van der Waals surface area (Å²) < 4.78 is 28.5. The van der Waals surface area contributed by atoms with E-state index < -0.39 is 10.2 Å². The maximum Gasteiger partial charge on any atom is 0.279 e. The minimum Gasteiger partial charge on any atom is -0.327 e. The van der Waals surface area contributed by atoms with Crippen molar-refractivity contribution in [2.45, 2.75) is 64.5 Å². The molecule has 1 unspecified atom stereocenters. The van der Waals surface area contributed by atoms with Crippen molar-refractivity contribution >= 4 is 10.2 Å². The van der Waals surface area contributed by atoms with Crippen molar-refractivity contribution in [3.63, 3.8) is 0 Å². The van der Waals surface area contributed by atoms with Gasteiger partial charge in [-0.3, -0.25) is 0 Å². The molecule has 0 aliphatic heterocycles. The van der Waals surface area contributed by atoms with Crippen LogP contribution in [0.4, 0.5) is 0 Å². The quantitative estimate of drug-likeness (QED) is 0.745. The Balaban J connectivity index is 2.45. The van der Waals surface area contributed by atoms with Crippen LogP contribution in [0, 0.1) is 5.92 Å². The van der Waals surface area contributed by atoms with Gasteiger partial charge in [-0.2, -0.15) is 12.7 Å². The van der Waals surface area contributed by atoms with Gasteiger partial charge in [0.1, 0.15) is 0 Å². The molecular weight excluding hydrogens is 262 g/mol. The molecule has 0 radical (unpaired) electrons. The third-order valence-electron chi connectivity index (χ3n) is 3.77. The number of nitrogens with one attached hydrogen (secondary N) is 1. The third-order valence-corrected chi connectivity index (χ3v) is 5.36. The minimum atomic E-state index is -3.39. The van der Waals surface area contributed by atoms with Crippen LogP contribution in [-0.2, 0) is 10.2 Å². The molecule has 114 valence electrons. The minimum absolute atomic E-state index is 0.116. The van der Waals surface area contributed by atoms with Crippen LogP contribution >= 0.6 is 0 Å². The Bertz CT molecular complexity index is 351. The molecule has 1 rings (SSSR count). The number of nitrogens with two attached hydrogens (primary N) is 1. The van der Waals surface area contributed by atoms with Crippen LogP contribution in [0.2, 0.25) is 0 Å². The summed E-state index contributed by atoms with van der Waals surface area (Å²) in [6.07, 6.45) is 6.23. The lowest BCUT2D eigenvalue weighted by Crippen LogP contribution is -2.48. The second-order valence-corrected chi connectivity index (χ2v) is 7.87. The Morgan fingerprint density at radius 2 is 1.84 bits per heavy atom. The van der Waals surface area contributed by atoms with Gasteiger partial charge in [-0.15, -0.1) is 0 Å². The summed E-state index contributed by atoms with van der Waals surface area (Å²) in [5.41, 5.74) is 5.91. The largest absolute Gasteiger partial charge is 0.327 e. The molecule has 0 aromatic heterocycles. The van der Waals surface area contributed by atoms with Crippen molar-refractivity contribution in [2.75, 3.05) is 13.6 Å². The molecule has 0 spiro atoms. The summed E-state index contributed by atoms with van der Waals surface area (Å²) >= 11 is 0. The molecule has 3 N–H and O–H groups in total. The first-order valence-corrected chi connectivity index (χ1v) is 8.75. The van der Waals surface area contributed by atoms with Crippen LogP contribution in [0.1, 0.15) is 52.4 Å². The molecule has 0 bridgehead atoms. The maximum atomic E-state index is 12.2. The molecule has 0 aromatic rings. The van der Waals surface area contributed by atoms with Gasteiger partial charge in [0.2, 0.25) is 0 Å². The lowest BCUT2D eigenvalue weighted by Gasteiger charge is -2.30. The van der Waals surface area contributed by atoms with Crippen molar-refractivity contribution < 1.29 is 8.42 Å². The van der Waals surface area contributed by atoms with Crippen molar-refractivity contribution in [1.82, 2.24) is 9.03 Å². The summed E-state index contributed by atoms with van der Waals surface area (Å²) in [5.74, 6) is 0.482. The molecule has 19 heavy (non-hydrogen) atoms. The Morgan fingerprint density at radius 3 is 2.37 bits per heavy atom. The Morgan fingerprint density at radius 1 is 1.26 bits per heavy atom. The van der Waals surface area contributed by atoms with E-state index in [9.17, 15) is 8.42 Å². The Kier molecular flexibility index (Phi) is 6.73. The zero-order chi connectivity index (χ0) is 14.5. The van der Waals surface area contributed by atoms with Gasteiger partial charge >= 0.3 is 0 Å². The average molecular weight is 291 g/mol. The molecule has 0 aromatic carbocycles. The average Bonchev–Trinajstić information content (AvgIpc) is 2.36. The van der Waals surface area contributed by atoms with E-state index in [4.69, 9.17) is 5.73 Å². The van der Waals surface area contributed by atoms with Crippen molar-refractivity contribution in [1.29, 1.82) is 0 Å². The first-order chi connectivity index (χ1) is 8.83. The molecule has 5 nitrogen and oxygen atoms in total. The van der Waals surface area contributed by atoms with Crippen molar-refractivity contribution in [3.8, 4) is 0 Å². The molecule has 1 fully saturated rings. The van der Waals surface area contributed by atoms with Crippen molar-refractivity contribution in [2.24, 2.45) is 11.7 Å². The third kappa shape index (κ3) is 5.77. The molecule has 6 heteroatoms. The predicted molar refractivity (Wildman–Crippen MR) is 79.0 cm³/mol. The van der Waals surface area contributed by atoms with E-state index in [-0.39, 0.29) is 12.1 Å². The topological polar surface area (TPSA) is 75.4 Å². The number of hydrogen-bond acceptors (Lipinski definition) is 3. The molecule has 0 saturated heterocycles. The van der Waals surface area contributed by atoms with Crippen LogP contribution < -0.4 is 10.5 Å². The molecular formula is C13H29N3O2S. The molecule has 1 saturated carbocycles. The molecule has 1 aliphatic rings. The lowest BCUT2D eigenvalue weighted by atomic mass is 9.96. The fourth-order valence-electron chi connectivity index (χ4n) is 2.64. The lowest BCUT2D eigenvalue weighted by molar-refractivity contribution is 0.282. The van der Waals surface area contributed by atoms with E-state index >= 15 is 0 Å². The predicted octanol–water partition coefficient (Wildman–Crippen LogP) is 1.46. The SMILES string of the molecule is CC(C)CC(N)CNS(=O)(=O)N(C)C1CCCCC1. The smallest absolute Gasteiger partial charge is 0.279 e. The number of hydrogen-bond donors (Lipinski definition) is 2. The maximum absolute atomic E-state index is 12.2. The van der Waals surface area contributed by atoms with Crippen LogP contribution in [0.25, 0.3) is 0 Å². The Hall–Kier alpha value is -0.170. The van der Waals surface area contributed by atoms with Crippen LogP contribution in [0.3, 0.4) is 0 Å². The van der Waals surface area contributed by atoms with Gasteiger partial charge in [-0.05, 0) is 25.2 Å². The highest BCUT2D eigenvalue weighted by Gasteiger charge is 2.27. The summed E-state index contributed by atoms with van der Waals surface area (Å²) in [5, 5.41) is 0. The first kappa shape index (κ1) is 16.9. The van der Waals surface area contributed by atoms with E-state index in [1.54, 1.807) is 7.05 Å². The van der Waals surface area contributed by atoms with E-state index in [2.05, 4.69) is 18.6 Å². The second kappa shape index (κ2) is 7.57. The van der Waals surface area contributed by atoms with Crippen LogP contribution in [0.15, 0.2) is 0 Å². The molecule has 0 heterocycles. The summed E-state index contributed by atoms with van der Waals surface area (Å²) in [6, 6.07) is 0.0297. The summed E-state index contributed by atoms with van der Waals surface area (Å²) in [6.45, 7) is 4.49. The van der Waals surface area contributed by atoms with Crippen LogP contribution in [-0.4, -0.2) is 38.4 Å². The zero-order valence-electron chi connectivity index (χ0n) is 12.4. The van der Waals surface area contributed by atoms with Crippen LogP contribution in [0.5, 0.6) is 0 Å². The zero-order valence-corrected chi connectivity index (χ0v) is 13.2. The van der Waals surface area contributed by atoms with Gasteiger partial charge in [-0.1, -0.05) is 33.1 Å². The Labute approximate surface area is 118 Å². The van der Waals surface area contributed by atoms with E-state index in [1.807, 2.05) is 0 Å². The van der Waals surface area contributed by atoms with E-state index in [0.29, 0.717) is 12.5 Å². The molecule has 1 aliphatic carbocycles. The van der Waals surface area contributed by atoms with Gasteiger partial charge in [0.05, 0.1) is 0 Å². The van der Waals surface area contributed by atoms with Gasteiger partial charge in [0.15, 0.2) is 0 Å². The molecule has 0 amide bonds. The van der Waals surface area contributed by atoms with Gasteiger partial charge in [0, 0.05) is 25.7 Å². The summed E-state index contributed by atoms with van der Waals surface area (Å²) in [7, 11) is -1.71. The monoisotopic (exact) mass is 291 g/mol. The normalized spacial score (nSPS) is 20.1. The standard InChI is InChI=1S/C13H29N3O2S/c1-11(2)9-12(14)10-15-19(17,18)16(3)13-7-5-4-6-8-13/h11-13,15H,4-10,14H2,1-3H3. The second-order valence-electron chi connectivity index (χ2n) is 6.05. The van der Waals surface area contributed by atoms with Gasteiger partial charge < -0.3 is 5.73 Å². The number of rotatable bonds is 7. The fourth-order valence-corrected chi connectivity index (χ4v) is 3.88. The van der Waals surface area contributed by atoms with E-state index in [1.165, 1.54) is 10.7 Å². The first-order valence-electron chi connectivity index (χ1n) is 7.31. The van der Waals surface area contributed by atoms with Gasteiger partial charge in [0.25, 0.3) is 10.2 Å². The highest BCUT2D eigenvalue weighted by atomic mass is 32.2. The molecule has 1 atom stereocenters. The van der Waals surface area contributed by atoms with Crippen molar-refractivity contribution in [3.05, 3.63) is 0 Å². The van der Waals surface area contributed by atoms with E-state index in [0.717, 1.165) is 32.1 Å².